The summed E-state index contributed by atoms with van der Waals surface area (Å²) in [4.78, 5) is 29.5. The SMILES string of the molecule is COc1ccccc1-c1ccc(C[C@H](NC(=O)C2(S(=O)(=O)c3nccn3C)CCCC2)C(=O)O)cc1. The Balaban J connectivity index is 1.56. The molecule has 0 saturated heterocycles. The van der Waals surface area contributed by atoms with Crippen molar-refractivity contribution in [1.29, 1.82) is 0 Å². The Bertz CT molecular complexity index is 1360. The average Bonchev–Trinajstić information content (AvgIpc) is 3.54. The Morgan fingerprint density at radius 2 is 1.81 bits per heavy atom. The van der Waals surface area contributed by atoms with Gasteiger partial charge in [-0.05, 0) is 30.0 Å². The third-order valence-electron chi connectivity index (χ3n) is 6.77. The first-order valence-electron chi connectivity index (χ1n) is 11.7. The minimum atomic E-state index is -4.14. The number of aliphatic carboxylic acids is 1. The molecular formula is C26H29N3O6S. The van der Waals surface area contributed by atoms with Gasteiger partial charge in [-0.25, -0.2) is 18.2 Å². The topological polar surface area (TPSA) is 128 Å². The molecule has 1 fully saturated rings. The Morgan fingerprint density at radius 3 is 2.39 bits per heavy atom. The smallest absolute Gasteiger partial charge is 0.326 e. The second-order valence-corrected chi connectivity index (χ2v) is 11.1. The van der Waals surface area contributed by atoms with Gasteiger partial charge < -0.3 is 19.7 Å². The van der Waals surface area contributed by atoms with Crippen LogP contribution in [0.3, 0.4) is 0 Å². The van der Waals surface area contributed by atoms with Gasteiger partial charge in [0.2, 0.25) is 20.9 Å². The summed E-state index contributed by atoms with van der Waals surface area (Å²) in [6.07, 6.45) is 4.22. The van der Waals surface area contributed by atoms with Gasteiger partial charge in [-0.3, -0.25) is 4.79 Å². The van der Waals surface area contributed by atoms with Crippen molar-refractivity contribution in [3.05, 3.63) is 66.5 Å². The minimum absolute atomic E-state index is 0.00576. The molecule has 1 saturated carbocycles. The van der Waals surface area contributed by atoms with E-state index in [1.54, 1.807) is 26.3 Å². The number of carbonyl (C=O) groups excluding carboxylic acids is 1. The van der Waals surface area contributed by atoms with Crippen LogP contribution < -0.4 is 10.1 Å². The zero-order valence-corrected chi connectivity index (χ0v) is 21.0. The summed E-state index contributed by atoms with van der Waals surface area (Å²) < 4.78 is 32.1. The van der Waals surface area contributed by atoms with Crippen LogP contribution in [-0.4, -0.2) is 52.9 Å². The van der Waals surface area contributed by atoms with Gasteiger partial charge in [0.15, 0.2) is 4.75 Å². The number of carboxylic acids is 1. The molecule has 36 heavy (non-hydrogen) atoms. The predicted molar refractivity (Wildman–Crippen MR) is 133 cm³/mol. The molecule has 1 atom stereocenters. The normalized spacial score (nSPS) is 15.8. The van der Waals surface area contributed by atoms with Crippen LogP contribution in [0.4, 0.5) is 0 Å². The minimum Gasteiger partial charge on any atom is -0.496 e. The van der Waals surface area contributed by atoms with Crippen molar-refractivity contribution in [2.75, 3.05) is 7.11 Å². The van der Waals surface area contributed by atoms with Crippen molar-refractivity contribution in [3.8, 4) is 16.9 Å². The molecule has 0 bridgehead atoms. The van der Waals surface area contributed by atoms with E-state index in [-0.39, 0.29) is 24.4 Å². The number of carbonyl (C=O) groups is 2. The summed E-state index contributed by atoms with van der Waals surface area (Å²) >= 11 is 0. The van der Waals surface area contributed by atoms with Crippen molar-refractivity contribution in [1.82, 2.24) is 14.9 Å². The molecule has 9 nitrogen and oxygen atoms in total. The Labute approximate surface area is 210 Å². The lowest BCUT2D eigenvalue weighted by Gasteiger charge is -2.28. The number of ether oxygens (including phenoxy) is 1. The third-order valence-corrected chi connectivity index (χ3v) is 9.27. The Hall–Kier alpha value is -3.66. The number of nitrogens with one attached hydrogen (secondary N) is 1. The summed E-state index contributed by atoms with van der Waals surface area (Å²) in [5, 5.41) is 12.2. The van der Waals surface area contributed by atoms with Crippen LogP contribution in [0.2, 0.25) is 0 Å². The van der Waals surface area contributed by atoms with Gasteiger partial charge in [0.05, 0.1) is 7.11 Å². The highest BCUT2D eigenvalue weighted by Gasteiger charge is 2.55. The molecule has 0 spiro atoms. The molecule has 1 heterocycles. The fraction of sp³-hybridized carbons (Fsp3) is 0.346. The van der Waals surface area contributed by atoms with Crippen molar-refractivity contribution in [3.63, 3.8) is 0 Å². The molecule has 1 aliphatic carbocycles. The number of sulfone groups is 1. The zero-order chi connectivity index (χ0) is 25.9. The van der Waals surface area contributed by atoms with Gasteiger partial charge in [0.1, 0.15) is 11.8 Å². The van der Waals surface area contributed by atoms with Gasteiger partial charge in [-0.15, -0.1) is 0 Å². The van der Waals surface area contributed by atoms with Crippen LogP contribution in [0, 0.1) is 0 Å². The molecule has 0 unspecified atom stereocenters. The summed E-state index contributed by atoms with van der Waals surface area (Å²) in [5.74, 6) is -1.31. The third kappa shape index (κ3) is 4.60. The highest BCUT2D eigenvalue weighted by molar-refractivity contribution is 7.93. The highest BCUT2D eigenvalue weighted by Crippen LogP contribution is 2.40. The number of benzene rings is 2. The van der Waals surface area contributed by atoms with E-state index in [4.69, 9.17) is 4.74 Å². The van der Waals surface area contributed by atoms with E-state index in [1.807, 2.05) is 36.4 Å². The second kappa shape index (κ2) is 10.1. The van der Waals surface area contributed by atoms with Gasteiger partial charge in [0.25, 0.3) is 0 Å². The summed E-state index contributed by atoms with van der Waals surface area (Å²) in [7, 11) is -0.992. The van der Waals surface area contributed by atoms with E-state index in [1.165, 1.54) is 17.0 Å². The van der Waals surface area contributed by atoms with Crippen LogP contribution in [0.15, 0.2) is 66.1 Å². The molecule has 190 valence electrons. The first-order valence-corrected chi connectivity index (χ1v) is 13.2. The molecule has 1 aliphatic rings. The van der Waals surface area contributed by atoms with Gasteiger partial charge >= 0.3 is 5.97 Å². The second-order valence-electron chi connectivity index (χ2n) is 8.99. The fourth-order valence-electron chi connectivity index (χ4n) is 4.78. The first kappa shape index (κ1) is 25.4. The number of aromatic nitrogens is 2. The number of methoxy groups -OCH3 is 1. The Kier molecular flexibility index (Phi) is 7.16. The predicted octanol–water partition coefficient (Wildman–Crippen LogP) is 2.99. The van der Waals surface area contributed by atoms with Crippen molar-refractivity contribution < 1.29 is 27.9 Å². The van der Waals surface area contributed by atoms with E-state index < -0.39 is 32.5 Å². The lowest BCUT2D eigenvalue weighted by molar-refractivity contribution is -0.142. The summed E-state index contributed by atoms with van der Waals surface area (Å²) in [5.41, 5.74) is 2.49. The summed E-state index contributed by atoms with van der Waals surface area (Å²) in [6, 6.07) is 13.6. The van der Waals surface area contributed by atoms with E-state index in [0.717, 1.165) is 16.9 Å². The fourth-order valence-corrected chi connectivity index (χ4v) is 6.90. The van der Waals surface area contributed by atoms with Crippen molar-refractivity contribution in [2.45, 2.75) is 48.0 Å². The van der Waals surface area contributed by atoms with Crippen molar-refractivity contribution >= 4 is 21.7 Å². The number of rotatable bonds is 9. The van der Waals surface area contributed by atoms with Crippen LogP contribution in [-0.2, 0) is 32.9 Å². The number of imidazole rings is 1. The van der Waals surface area contributed by atoms with E-state index in [2.05, 4.69) is 10.3 Å². The number of hydrogen-bond acceptors (Lipinski definition) is 6. The van der Waals surface area contributed by atoms with Gasteiger partial charge in [-0.2, -0.15) is 0 Å². The molecule has 4 rings (SSSR count). The van der Waals surface area contributed by atoms with E-state index >= 15 is 0 Å². The average molecular weight is 512 g/mol. The molecular weight excluding hydrogens is 482 g/mol. The Morgan fingerprint density at radius 1 is 1.14 bits per heavy atom. The number of para-hydroxylation sites is 1. The molecule has 2 aromatic carbocycles. The lowest BCUT2D eigenvalue weighted by atomic mass is 9.99. The molecule has 0 radical (unpaired) electrons. The molecule has 2 N–H and O–H groups in total. The maximum Gasteiger partial charge on any atom is 0.326 e. The number of carboxylic acid groups (broad SMARTS) is 1. The standard InChI is InChI=1S/C26H29N3O6S/c1-29-16-15-27-25(29)36(33,34)26(13-5-6-14-26)24(32)28-21(23(30)31)17-18-9-11-19(12-10-18)20-7-3-4-8-22(20)35-2/h3-4,7-12,15-16,21H,5-6,13-14,17H2,1-2H3,(H,28,32)(H,30,31)/t21-/m0/s1. The maximum atomic E-state index is 13.5. The van der Waals surface area contributed by atoms with Crippen LogP contribution in [0.25, 0.3) is 11.1 Å². The zero-order valence-electron chi connectivity index (χ0n) is 20.2. The quantitative estimate of drug-likeness (QED) is 0.452. The molecule has 1 amide bonds. The number of aryl methyl sites for hydroxylation is 1. The highest BCUT2D eigenvalue weighted by atomic mass is 32.2. The van der Waals surface area contributed by atoms with Gasteiger partial charge in [0, 0.05) is 31.4 Å². The van der Waals surface area contributed by atoms with Crippen LogP contribution in [0.5, 0.6) is 5.75 Å². The van der Waals surface area contributed by atoms with Gasteiger partial charge in [-0.1, -0.05) is 55.3 Å². The summed E-state index contributed by atoms with van der Waals surface area (Å²) in [6.45, 7) is 0. The monoisotopic (exact) mass is 511 g/mol. The maximum absolute atomic E-state index is 13.5. The lowest BCUT2D eigenvalue weighted by Crippen LogP contribution is -2.55. The van der Waals surface area contributed by atoms with Crippen LogP contribution >= 0.6 is 0 Å². The molecule has 3 aromatic rings. The molecule has 10 heteroatoms. The first-order chi connectivity index (χ1) is 17.2. The molecule has 1 aromatic heterocycles. The number of amides is 1. The number of nitrogens with zero attached hydrogens (tertiary/aromatic N) is 2. The largest absolute Gasteiger partial charge is 0.496 e. The molecule has 0 aliphatic heterocycles. The van der Waals surface area contributed by atoms with E-state index in [9.17, 15) is 23.1 Å². The van der Waals surface area contributed by atoms with Crippen molar-refractivity contribution in [2.24, 2.45) is 7.05 Å². The van der Waals surface area contributed by atoms with Crippen LogP contribution in [0.1, 0.15) is 31.2 Å². The van der Waals surface area contributed by atoms with E-state index in [0.29, 0.717) is 18.4 Å². The number of hydrogen-bond donors (Lipinski definition) is 2.